The Hall–Kier alpha value is 0.110. The zero-order chi connectivity index (χ0) is 14.9. The van der Waals surface area contributed by atoms with Crippen LogP contribution in [0.3, 0.4) is 0 Å². The minimum Gasteiger partial charge on any atom is -0.313 e. The Morgan fingerprint density at radius 1 is 1.10 bits per heavy atom. The van der Waals surface area contributed by atoms with E-state index in [1.165, 1.54) is 38.5 Å². The highest BCUT2D eigenvalue weighted by Gasteiger charge is 2.54. The zero-order valence-corrected chi connectivity index (χ0v) is 14.7. The fraction of sp³-hybridized carbons (Fsp3) is 1.00. The first-order valence-corrected chi connectivity index (χ1v) is 10.7. The van der Waals surface area contributed by atoms with E-state index >= 15 is 0 Å². The second-order valence-corrected chi connectivity index (χ2v) is 9.68. The van der Waals surface area contributed by atoms with Gasteiger partial charge in [0, 0.05) is 28.3 Å². The van der Waals surface area contributed by atoms with Gasteiger partial charge in [-0.25, -0.2) is 0 Å². The largest absolute Gasteiger partial charge is 0.313 e. The van der Waals surface area contributed by atoms with Crippen LogP contribution in [-0.2, 0) is 10.8 Å². The first-order chi connectivity index (χ1) is 10.1. The summed E-state index contributed by atoms with van der Waals surface area (Å²) in [6, 6.07) is 0.508. The molecule has 0 heterocycles. The first kappa shape index (κ1) is 16.0. The number of nitrogens with one attached hydrogen (secondary N) is 1. The maximum Gasteiger partial charge on any atom is 0.0394 e. The zero-order valence-electron chi connectivity index (χ0n) is 13.9. The van der Waals surface area contributed by atoms with Gasteiger partial charge in [0.05, 0.1) is 0 Å². The van der Waals surface area contributed by atoms with E-state index in [1.54, 1.807) is 0 Å². The van der Waals surface area contributed by atoms with E-state index in [1.807, 2.05) is 0 Å². The molecule has 0 radical (unpaired) electrons. The fourth-order valence-corrected chi connectivity index (χ4v) is 7.50. The minimum atomic E-state index is -0.627. The third kappa shape index (κ3) is 3.39. The summed E-state index contributed by atoms with van der Waals surface area (Å²) in [7, 11) is -0.627. The predicted molar refractivity (Wildman–Crippen MR) is 90.9 cm³/mol. The van der Waals surface area contributed by atoms with E-state index in [0.29, 0.717) is 11.5 Å². The number of hydrogen-bond acceptors (Lipinski definition) is 2. The molecule has 1 N–H and O–H groups in total. The summed E-state index contributed by atoms with van der Waals surface area (Å²) in [4.78, 5) is 0. The van der Waals surface area contributed by atoms with Gasteiger partial charge >= 0.3 is 0 Å². The summed E-state index contributed by atoms with van der Waals surface area (Å²) in [6.45, 7) is 5.43. The lowest BCUT2D eigenvalue weighted by molar-refractivity contribution is -0.0692. The Labute approximate surface area is 133 Å². The summed E-state index contributed by atoms with van der Waals surface area (Å²) in [6.07, 6.45) is 11.0. The number of rotatable bonds is 8. The molecule has 4 bridgehead atoms. The van der Waals surface area contributed by atoms with Crippen LogP contribution in [-0.4, -0.2) is 28.3 Å². The first-order valence-electron chi connectivity index (χ1n) is 9.23. The van der Waals surface area contributed by atoms with E-state index in [0.717, 1.165) is 48.6 Å². The van der Waals surface area contributed by atoms with E-state index in [9.17, 15) is 4.21 Å². The monoisotopic (exact) mass is 311 g/mol. The molecule has 0 amide bonds. The Balaban J connectivity index is 1.69. The number of hydrogen-bond donors (Lipinski definition) is 1. The normalized spacial score (nSPS) is 40.4. The Morgan fingerprint density at radius 2 is 1.67 bits per heavy atom. The molecule has 2 unspecified atom stereocenters. The molecule has 4 fully saturated rings. The van der Waals surface area contributed by atoms with Crippen molar-refractivity contribution in [1.82, 2.24) is 5.32 Å². The van der Waals surface area contributed by atoms with E-state index in [2.05, 4.69) is 19.2 Å². The van der Waals surface area contributed by atoms with Crippen LogP contribution in [0.4, 0.5) is 0 Å². The lowest BCUT2D eigenvalue weighted by Gasteiger charge is -2.59. The molecule has 21 heavy (non-hydrogen) atoms. The molecule has 0 aromatic carbocycles. The summed E-state index contributed by atoms with van der Waals surface area (Å²) < 4.78 is 12.5. The van der Waals surface area contributed by atoms with Crippen molar-refractivity contribution in [1.29, 1.82) is 0 Å². The molecule has 3 heteroatoms. The van der Waals surface area contributed by atoms with Gasteiger partial charge < -0.3 is 5.32 Å². The summed E-state index contributed by atoms with van der Waals surface area (Å²) in [5.74, 6) is 4.77. The molecule has 4 rings (SSSR count). The van der Waals surface area contributed by atoms with Crippen molar-refractivity contribution in [2.24, 2.45) is 23.2 Å². The van der Waals surface area contributed by atoms with Gasteiger partial charge in [-0.1, -0.05) is 20.3 Å². The van der Waals surface area contributed by atoms with Gasteiger partial charge in [0.1, 0.15) is 0 Å². The highest BCUT2D eigenvalue weighted by Crippen LogP contribution is 2.61. The van der Waals surface area contributed by atoms with Gasteiger partial charge in [0.25, 0.3) is 0 Å². The average Bonchev–Trinajstić information content (AvgIpc) is 2.43. The van der Waals surface area contributed by atoms with Crippen LogP contribution in [0.25, 0.3) is 0 Å². The maximum atomic E-state index is 12.5. The second kappa shape index (κ2) is 6.70. The third-order valence-electron chi connectivity index (χ3n) is 6.35. The van der Waals surface area contributed by atoms with Crippen molar-refractivity contribution in [3.05, 3.63) is 0 Å². The van der Waals surface area contributed by atoms with Crippen molar-refractivity contribution in [2.45, 2.75) is 71.3 Å². The Kier molecular flexibility index (Phi) is 5.10. The molecule has 4 aliphatic rings. The van der Waals surface area contributed by atoms with Crippen LogP contribution in [0.1, 0.15) is 65.2 Å². The molecule has 122 valence electrons. The van der Waals surface area contributed by atoms with Crippen LogP contribution in [0, 0.1) is 23.2 Å². The quantitative estimate of drug-likeness (QED) is 0.740. The van der Waals surface area contributed by atoms with Crippen molar-refractivity contribution >= 4 is 10.8 Å². The van der Waals surface area contributed by atoms with Crippen LogP contribution >= 0.6 is 0 Å². The standard InChI is InChI=1S/C18H33NOS/c1-3-5-6-21(20)13-17(19-4-2)18-10-14-7-15(11-18)9-16(8-14)12-18/h14-17,19H,3-13H2,1-2H3. The highest BCUT2D eigenvalue weighted by molar-refractivity contribution is 7.85. The van der Waals surface area contributed by atoms with Crippen molar-refractivity contribution < 1.29 is 4.21 Å². The number of unbranched alkanes of at least 4 members (excludes halogenated alkanes) is 1. The Morgan fingerprint density at radius 3 is 2.14 bits per heavy atom. The van der Waals surface area contributed by atoms with E-state index in [4.69, 9.17) is 0 Å². The van der Waals surface area contributed by atoms with Gasteiger partial charge in [0.2, 0.25) is 0 Å². The van der Waals surface area contributed by atoms with Gasteiger partial charge in [-0.2, -0.15) is 0 Å². The molecule has 0 aromatic heterocycles. The third-order valence-corrected chi connectivity index (χ3v) is 7.80. The van der Waals surface area contributed by atoms with E-state index in [-0.39, 0.29) is 0 Å². The molecule has 4 saturated carbocycles. The topological polar surface area (TPSA) is 29.1 Å². The van der Waals surface area contributed by atoms with Crippen molar-refractivity contribution in [3.63, 3.8) is 0 Å². The summed E-state index contributed by atoms with van der Waals surface area (Å²) >= 11 is 0. The molecule has 2 atom stereocenters. The molecule has 0 spiro atoms. The van der Waals surface area contributed by atoms with Crippen molar-refractivity contribution in [3.8, 4) is 0 Å². The second-order valence-electron chi connectivity index (χ2n) is 8.05. The molecule has 0 saturated heterocycles. The lowest BCUT2D eigenvalue weighted by Crippen LogP contribution is -2.57. The van der Waals surface area contributed by atoms with Crippen LogP contribution in [0.5, 0.6) is 0 Å². The SMILES string of the molecule is CCCCS(=O)CC(NCC)C12CC3CC(CC(C3)C1)C2. The minimum absolute atomic E-state index is 0.493. The maximum absolute atomic E-state index is 12.5. The average molecular weight is 312 g/mol. The molecule has 0 aromatic rings. The Bertz CT molecular complexity index is 346. The fourth-order valence-electron chi connectivity index (χ4n) is 5.88. The molecule has 2 nitrogen and oxygen atoms in total. The van der Waals surface area contributed by atoms with Gasteiger partial charge in [-0.05, 0) is 74.7 Å². The van der Waals surface area contributed by atoms with Gasteiger partial charge in [-0.3, -0.25) is 4.21 Å². The summed E-state index contributed by atoms with van der Waals surface area (Å²) in [5.41, 5.74) is 0.493. The molecular formula is C18H33NOS. The lowest BCUT2D eigenvalue weighted by atomic mass is 9.48. The molecule has 0 aliphatic heterocycles. The predicted octanol–water partition coefficient (Wildman–Crippen LogP) is 3.73. The van der Waals surface area contributed by atoms with Crippen LogP contribution in [0.15, 0.2) is 0 Å². The van der Waals surface area contributed by atoms with Crippen LogP contribution < -0.4 is 5.32 Å². The summed E-state index contributed by atoms with van der Waals surface area (Å²) in [5, 5.41) is 3.75. The van der Waals surface area contributed by atoms with Gasteiger partial charge in [-0.15, -0.1) is 0 Å². The van der Waals surface area contributed by atoms with E-state index < -0.39 is 10.8 Å². The molecular weight excluding hydrogens is 278 g/mol. The highest BCUT2D eigenvalue weighted by atomic mass is 32.2. The van der Waals surface area contributed by atoms with Crippen LogP contribution in [0.2, 0.25) is 0 Å². The smallest absolute Gasteiger partial charge is 0.0394 e. The molecule has 4 aliphatic carbocycles. The van der Waals surface area contributed by atoms with Gasteiger partial charge in [0.15, 0.2) is 0 Å². The van der Waals surface area contributed by atoms with Crippen molar-refractivity contribution in [2.75, 3.05) is 18.1 Å².